The number of carbonyl (C=O) groups is 1. The van der Waals surface area contributed by atoms with Crippen LogP contribution in [0.25, 0.3) is 0 Å². The Morgan fingerprint density at radius 1 is 1.37 bits per heavy atom. The van der Waals surface area contributed by atoms with Gasteiger partial charge in [0.2, 0.25) is 0 Å². The van der Waals surface area contributed by atoms with Gasteiger partial charge in [0.1, 0.15) is 5.75 Å². The Hall–Kier alpha value is -1.75. The number of benzene rings is 1. The standard InChI is InChI=1S/C14H23N3O2/c1-14(2,17(3)4)9-16-13(18)10-6-11(15)8-12(7-10)19-5/h6-8H,9,15H2,1-5H3,(H,16,18). The van der Waals surface area contributed by atoms with Crippen LogP contribution >= 0.6 is 0 Å². The van der Waals surface area contributed by atoms with E-state index in [-0.39, 0.29) is 11.4 Å². The predicted molar refractivity (Wildman–Crippen MR) is 77.5 cm³/mol. The van der Waals surface area contributed by atoms with Crippen molar-refractivity contribution in [1.82, 2.24) is 10.2 Å². The number of nitrogen functional groups attached to an aromatic ring is 1. The summed E-state index contributed by atoms with van der Waals surface area (Å²) in [6.07, 6.45) is 0. The average Bonchev–Trinajstić information content (AvgIpc) is 2.34. The van der Waals surface area contributed by atoms with E-state index in [0.717, 1.165) is 0 Å². The Labute approximate surface area is 114 Å². The van der Waals surface area contributed by atoms with Gasteiger partial charge in [0, 0.05) is 29.4 Å². The molecule has 5 heteroatoms. The molecule has 0 aliphatic heterocycles. The summed E-state index contributed by atoms with van der Waals surface area (Å²) in [7, 11) is 5.51. The van der Waals surface area contributed by atoms with Gasteiger partial charge < -0.3 is 20.7 Å². The number of hydrogen-bond donors (Lipinski definition) is 2. The minimum atomic E-state index is -0.152. The first-order valence-electron chi connectivity index (χ1n) is 6.16. The number of carbonyl (C=O) groups excluding carboxylic acids is 1. The van der Waals surface area contributed by atoms with E-state index in [0.29, 0.717) is 23.5 Å². The van der Waals surface area contributed by atoms with Crippen molar-refractivity contribution in [3.05, 3.63) is 23.8 Å². The van der Waals surface area contributed by atoms with Gasteiger partial charge in [0.15, 0.2) is 0 Å². The first-order valence-corrected chi connectivity index (χ1v) is 6.16. The first-order chi connectivity index (χ1) is 8.76. The number of nitrogens with zero attached hydrogens (tertiary/aromatic N) is 1. The average molecular weight is 265 g/mol. The van der Waals surface area contributed by atoms with Crippen LogP contribution in [0.5, 0.6) is 5.75 Å². The minimum absolute atomic E-state index is 0.111. The summed E-state index contributed by atoms with van der Waals surface area (Å²) in [6.45, 7) is 4.68. The molecule has 3 N–H and O–H groups in total. The van der Waals surface area contributed by atoms with Gasteiger partial charge in [-0.1, -0.05) is 0 Å². The number of rotatable bonds is 5. The molecule has 0 atom stereocenters. The number of likely N-dealkylation sites (N-methyl/N-ethyl adjacent to an activating group) is 1. The Kier molecular flexibility index (Phi) is 4.78. The second-order valence-corrected chi connectivity index (χ2v) is 5.38. The SMILES string of the molecule is COc1cc(N)cc(C(=O)NCC(C)(C)N(C)C)c1. The monoisotopic (exact) mass is 265 g/mol. The predicted octanol–water partition coefficient (Wildman–Crippen LogP) is 1.35. The number of methoxy groups -OCH3 is 1. The molecule has 0 unspecified atom stereocenters. The molecule has 0 fully saturated rings. The fourth-order valence-electron chi connectivity index (χ4n) is 1.43. The zero-order chi connectivity index (χ0) is 14.6. The van der Waals surface area contributed by atoms with Crippen LogP contribution in [0.3, 0.4) is 0 Å². The molecular weight excluding hydrogens is 242 g/mol. The molecule has 0 saturated carbocycles. The maximum atomic E-state index is 12.1. The molecule has 1 amide bonds. The van der Waals surface area contributed by atoms with Crippen LogP contribution in [0, 0.1) is 0 Å². The molecule has 0 aromatic heterocycles. The Balaban J connectivity index is 2.76. The number of hydrogen-bond acceptors (Lipinski definition) is 4. The summed E-state index contributed by atoms with van der Waals surface area (Å²) in [6, 6.07) is 5.00. The Morgan fingerprint density at radius 2 is 2.00 bits per heavy atom. The number of nitrogens with one attached hydrogen (secondary N) is 1. The highest BCUT2D eigenvalue weighted by molar-refractivity contribution is 5.95. The van der Waals surface area contributed by atoms with Gasteiger partial charge in [-0.15, -0.1) is 0 Å². The van der Waals surface area contributed by atoms with Gasteiger partial charge in [0.25, 0.3) is 5.91 Å². The molecule has 1 aromatic carbocycles. The zero-order valence-electron chi connectivity index (χ0n) is 12.3. The molecule has 0 aliphatic rings. The summed E-state index contributed by atoms with van der Waals surface area (Å²) >= 11 is 0. The van der Waals surface area contributed by atoms with Crippen molar-refractivity contribution >= 4 is 11.6 Å². The van der Waals surface area contributed by atoms with Crippen LogP contribution < -0.4 is 15.8 Å². The van der Waals surface area contributed by atoms with Crippen molar-refractivity contribution in [1.29, 1.82) is 0 Å². The highest BCUT2D eigenvalue weighted by Gasteiger charge is 2.21. The lowest BCUT2D eigenvalue weighted by atomic mass is 10.0. The van der Waals surface area contributed by atoms with Crippen LogP contribution in [0.2, 0.25) is 0 Å². The van der Waals surface area contributed by atoms with E-state index in [1.54, 1.807) is 25.3 Å². The summed E-state index contributed by atoms with van der Waals surface area (Å²) in [5, 5.41) is 2.91. The number of nitrogens with two attached hydrogens (primary N) is 1. The third-order valence-corrected chi connectivity index (χ3v) is 3.32. The third-order valence-electron chi connectivity index (χ3n) is 3.32. The van der Waals surface area contributed by atoms with Crippen molar-refractivity contribution < 1.29 is 9.53 Å². The number of anilines is 1. The first kappa shape index (κ1) is 15.3. The van der Waals surface area contributed by atoms with Gasteiger partial charge in [-0.05, 0) is 40.1 Å². The van der Waals surface area contributed by atoms with Crippen LogP contribution in [-0.4, -0.2) is 44.1 Å². The quantitative estimate of drug-likeness (QED) is 0.789. The lowest BCUT2D eigenvalue weighted by Gasteiger charge is -2.32. The number of ether oxygens (including phenoxy) is 1. The Morgan fingerprint density at radius 3 is 2.53 bits per heavy atom. The molecule has 106 valence electrons. The van der Waals surface area contributed by atoms with E-state index in [1.807, 2.05) is 14.1 Å². The fraction of sp³-hybridized carbons (Fsp3) is 0.500. The molecule has 5 nitrogen and oxygen atoms in total. The lowest BCUT2D eigenvalue weighted by molar-refractivity contribution is 0.0919. The molecule has 0 radical (unpaired) electrons. The maximum absolute atomic E-state index is 12.1. The van der Waals surface area contributed by atoms with Crippen LogP contribution in [0.4, 0.5) is 5.69 Å². The second kappa shape index (κ2) is 5.93. The largest absolute Gasteiger partial charge is 0.497 e. The van der Waals surface area contributed by atoms with E-state index >= 15 is 0 Å². The van der Waals surface area contributed by atoms with Crippen molar-refractivity contribution in [2.24, 2.45) is 0 Å². The summed E-state index contributed by atoms with van der Waals surface area (Å²) in [4.78, 5) is 14.2. The van der Waals surface area contributed by atoms with Crippen molar-refractivity contribution in [2.45, 2.75) is 19.4 Å². The lowest BCUT2D eigenvalue weighted by Crippen LogP contribution is -2.48. The van der Waals surface area contributed by atoms with Gasteiger partial charge in [0.05, 0.1) is 7.11 Å². The molecule has 1 aromatic rings. The summed E-state index contributed by atoms with van der Waals surface area (Å²) in [5.41, 5.74) is 6.64. The van der Waals surface area contributed by atoms with E-state index in [2.05, 4.69) is 24.1 Å². The van der Waals surface area contributed by atoms with E-state index in [4.69, 9.17) is 10.5 Å². The van der Waals surface area contributed by atoms with Crippen molar-refractivity contribution in [2.75, 3.05) is 33.5 Å². The van der Waals surface area contributed by atoms with Gasteiger partial charge in [-0.2, -0.15) is 0 Å². The maximum Gasteiger partial charge on any atom is 0.251 e. The Bertz CT molecular complexity index is 456. The molecule has 0 aliphatic carbocycles. The topological polar surface area (TPSA) is 67.6 Å². The van der Waals surface area contributed by atoms with Gasteiger partial charge in [-0.25, -0.2) is 0 Å². The highest BCUT2D eigenvalue weighted by Crippen LogP contribution is 2.18. The van der Waals surface area contributed by atoms with E-state index in [9.17, 15) is 4.79 Å². The summed E-state index contributed by atoms with van der Waals surface area (Å²) < 4.78 is 5.10. The molecule has 1 rings (SSSR count). The van der Waals surface area contributed by atoms with Gasteiger partial charge >= 0.3 is 0 Å². The normalized spacial score (nSPS) is 11.5. The smallest absolute Gasteiger partial charge is 0.251 e. The molecule has 0 heterocycles. The van der Waals surface area contributed by atoms with Crippen LogP contribution in [0.1, 0.15) is 24.2 Å². The molecule has 0 bridgehead atoms. The van der Waals surface area contributed by atoms with Crippen molar-refractivity contribution in [3.8, 4) is 5.75 Å². The fourth-order valence-corrected chi connectivity index (χ4v) is 1.43. The molecule has 19 heavy (non-hydrogen) atoms. The highest BCUT2D eigenvalue weighted by atomic mass is 16.5. The van der Waals surface area contributed by atoms with E-state index < -0.39 is 0 Å². The van der Waals surface area contributed by atoms with Crippen molar-refractivity contribution in [3.63, 3.8) is 0 Å². The molecule has 0 saturated heterocycles. The number of amides is 1. The van der Waals surface area contributed by atoms with Crippen LogP contribution in [0.15, 0.2) is 18.2 Å². The summed E-state index contributed by atoms with van der Waals surface area (Å²) in [5.74, 6) is 0.428. The van der Waals surface area contributed by atoms with E-state index in [1.165, 1.54) is 0 Å². The third kappa shape index (κ3) is 4.13. The van der Waals surface area contributed by atoms with Crippen LogP contribution in [-0.2, 0) is 0 Å². The minimum Gasteiger partial charge on any atom is -0.497 e. The second-order valence-electron chi connectivity index (χ2n) is 5.38. The molecular formula is C14H23N3O2. The molecule has 0 spiro atoms. The van der Waals surface area contributed by atoms with Gasteiger partial charge in [-0.3, -0.25) is 4.79 Å². The zero-order valence-corrected chi connectivity index (χ0v) is 12.3.